The number of anilines is 2. The van der Waals surface area contributed by atoms with Crippen molar-refractivity contribution in [3.63, 3.8) is 0 Å². The summed E-state index contributed by atoms with van der Waals surface area (Å²) in [5, 5.41) is 12.5. The first-order valence-corrected chi connectivity index (χ1v) is 9.85. The van der Waals surface area contributed by atoms with E-state index in [2.05, 4.69) is 15.3 Å². The van der Waals surface area contributed by atoms with Crippen molar-refractivity contribution in [1.29, 1.82) is 0 Å². The van der Waals surface area contributed by atoms with Crippen LogP contribution in [0.25, 0.3) is 10.9 Å². The van der Waals surface area contributed by atoms with Gasteiger partial charge in [0.25, 0.3) is 5.91 Å². The minimum Gasteiger partial charge on any atom is -0.478 e. The molecule has 2 aromatic heterocycles. The molecule has 1 fully saturated rings. The van der Waals surface area contributed by atoms with Gasteiger partial charge in [0.15, 0.2) is 0 Å². The zero-order valence-electron chi connectivity index (χ0n) is 16.5. The Kier molecular flexibility index (Phi) is 5.50. The predicted octanol–water partition coefficient (Wildman–Crippen LogP) is 4.21. The highest BCUT2D eigenvalue weighted by atomic mass is 19.3. The summed E-state index contributed by atoms with van der Waals surface area (Å²) < 4.78 is 27.7. The van der Waals surface area contributed by atoms with E-state index in [-0.39, 0.29) is 36.9 Å². The topological polar surface area (TPSA) is 95.4 Å². The van der Waals surface area contributed by atoms with Crippen molar-refractivity contribution in [1.82, 2.24) is 9.97 Å². The average molecular weight is 426 g/mol. The van der Waals surface area contributed by atoms with Gasteiger partial charge in [0, 0.05) is 43.2 Å². The summed E-state index contributed by atoms with van der Waals surface area (Å²) >= 11 is 0. The number of nitrogens with one attached hydrogen (secondary N) is 1. The van der Waals surface area contributed by atoms with E-state index in [1.54, 1.807) is 35.5 Å². The fraction of sp³-hybridized carbons (Fsp3) is 0.273. The summed E-state index contributed by atoms with van der Waals surface area (Å²) in [6, 6.07) is 9.25. The number of carbonyl (C=O) groups excluding carboxylic acids is 1. The number of nitrogens with zero attached hydrogens (tertiary/aromatic N) is 3. The van der Waals surface area contributed by atoms with Crippen LogP contribution in [0.3, 0.4) is 0 Å². The second kappa shape index (κ2) is 8.25. The molecule has 4 rings (SSSR count). The fourth-order valence-electron chi connectivity index (χ4n) is 3.62. The summed E-state index contributed by atoms with van der Waals surface area (Å²) in [6.07, 6.45) is 2.89. The van der Waals surface area contributed by atoms with Gasteiger partial charge in [-0.15, -0.1) is 0 Å². The molecule has 160 valence electrons. The minimum atomic E-state index is -2.74. The van der Waals surface area contributed by atoms with Gasteiger partial charge >= 0.3 is 5.97 Å². The smallest absolute Gasteiger partial charge is 0.335 e. The first kappa shape index (κ1) is 20.6. The molecule has 9 heteroatoms. The molecule has 1 aliphatic heterocycles. The van der Waals surface area contributed by atoms with E-state index < -0.39 is 17.8 Å². The quantitative estimate of drug-likeness (QED) is 0.649. The third-order valence-electron chi connectivity index (χ3n) is 5.23. The standard InChI is InChI=1S/C22H20F2N4O3/c23-22(24)6-2-9-28(10-7-22)19-17(12-14-5-8-25-13-18(14)27-19)20(29)26-16-4-1-3-15(11-16)21(30)31/h1,3-5,8,11-13H,2,6-7,9-10H2,(H,26,29)(H,30,31). The number of fused-ring (bicyclic) bond motifs is 1. The summed E-state index contributed by atoms with van der Waals surface area (Å²) in [7, 11) is 0. The molecule has 3 heterocycles. The van der Waals surface area contributed by atoms with Crippen molar-refractivity contribution in [2.75, 3.05) is 23.3 Å². The van der Waals surface area contributed by atoms with Crippen LogP contribution in [0.1, 0.15) is 40.0 Å². The van der Waals surface area contributed by atoms with Crippen LogP contribution in [0.2, 0.25) is 0 Å². The van der Waals surface area contributed by atoms with Crippen molar-refractivity contribution in [3.8, 4) is 0 Å². The Morgan fingerprint density at radius 2 is 1.97 bits per heavy atom. The van der Waals surface area contributed by atoms with Gasteiger partial charge in [0.1, 0.15) is 5.82 Å². The molecule has 2 N–H and O–H groups in total. The lowest BCUT2D eigenvalue weighted by Crippen LogP contribution is -2.29. The number of aromatic nitrogens is 2. The van der Waals surface area contributed by atoms with Crippen molar-refractivity contribution >= 4 is 34.3 Å². The first-order chi connectivity index (χ1) is 14.8. The highest BCUT2D eigenvalue weighted by Gasteiger charge is 2.33. The fourth-order valence-corrected chi connectivity index (χ4v) is 3.62. The second-order valence-corrected chi connectivity index (χ2v) is 7.46. The molecular formula is C22H20F2N4O3. The van der Waals surface area contributed by atoms with E-state index in [1.807, 2.05) is 0 Å². The normalized spacial score (nSPS) is 16.0. The SMILES string of the molecule is O=C(O)c1cccc(NC(=O)c2cc3ccncc3nc2N2CCCC(F)(F)CC2)c1. The molecule has 1 aromatic carbocycles. The number of rotatable bonds is 4. The number of alkyl halides is 2. The lowest BCUT2D eigenvalue weighted by atomic mass is 10.1. The van der Waals surface area contributed by atoms with Gasteiger partial charge in [-0.1, -0.05) is 6.07 Å². The summed E-state index contributed by atoms with van der Waals surface area (Å²) in [5.74, 6) is -4.04. The molecule has 0 unspecified atom stereocenters. The molecule has 1 aliphatic rings. The van der Waals surface area contributed by atoms with Crippen LogP contribution in [0, 0.1) is 0 Å². The van der Waals surface area contributed by atoms with E-state index in [0.717, 1.165) is 0 Å². The summed E-state index contributed by atoms with van der Waals surface area (Å²) in [6.45, 7) is 0.420. The maximum Gasteiger partial charge on any atom is 0.335 e. The van der Waals surface area contributed by atoms with Crippen LogP contribution < -0.4 is 10.2 Å². The largest absolute Gasteiger partial charge is 0.478 e. The van der Waals surface area contributed by atoms with Gasteiger partial charge in [0.2, 0.25) is 5.92 Å². The predicted molar refractivity (Wildman–Crippen MR) is 112 cm³/mol. The van der Waals surface area contributed by atoms with E-state index in [0.29, 0.717) is 29.0 Å². The zero-order valence-corrected chi connectivity index (χ0v) is 16.5. The number of hydrogen-bond acceptors (Lipinski definition) is 5. The van der Waals surface area contributed by atoms with Crippen LogP contribution >= 0.6 is 0 Å². The molecule has 7 nitrogen and oxygen atoms in total. The van der Waals surface area contributed by atoms with Crippen LogP contribution in [0.5, 0.6) is 0 Å². The Morgan fingerprint density at radius 1 is 1.13 bits per heavy atom. The summed E-state index contributed by atoms with van der Waals surface area (Å²) in [4.78, 5) is 34.6. The monoisotopic (exact) mass is 426 g/mol. The Bertz CT molecular complexity index is 1150. The van der Waals surface area contributed by atoms with E-state index >= 15 is 0 Å². The van der Waals surface area contributed by atoms with Crippen molar-refractivity contribution in [3.05, 3.63) is 59.9 Å². The molecule has 0 atom stereocenters. The molecule has 0 bridgehead atoms. The highest BCUT2D eigenvalue weighted by Crippen LogP contribution is 2.32. The Hall–Kier alpha value is -3.62. The Morgan fingerprint density at radius 3 is 2.77 bits per heavy atom. The van der Waals surface area contributed by atoms with Gasteiger partial charge in [-0.05, 0) is 36.8 Å². The van der Waals surface area contributed by atoms with Crippen molar-refractivity contribution in [2.45, 2.75) is 25.2 Å². The number of halogens is 2. The van der Waals surface area contributed by atoms with Gasteiger partial charge in [-0.2, -0.15) is 0 Å². The molecule has 0 radical (unpaired) electrons. The highest BCUT2D eigenvalue weighted by molar-refractivity contribution is 6.09. The first-order valence-electron chi connectivity index (χ1n) is 9.85. The van der Waals surface area contributed by atoms with Crippen molar-refractivity contribution in [2.24, 2.45) is 0 Å². The molecule has 3 aromatic rings. The third kappa shape index (κ3) is 4.60. The van der Waals surface area contributed by atoms with Crippen LogP contribution in [0.15, 0.2) is 48.8 Å². The number of carboxylic acid groups (broad SMARTS) is 1. The average Bonchev–Trinajstić information content (AvgIpc) is 2.93. The molecular weight excluding hydrogens is 406 g/mol. The van der Waals surface area contributed by atoms with E-state index in [4.69, 9.17) is 5.11 Å². The third-order valence-corrected chi connectivity index (χ3v) is 5.23. The molecule has 0 saturated carbocycles. The number of carbonyl (C=O) groups is 2. The van der Waals surface area contributed by atoms with Crippen LogP contribution in [-0.4, -0.2) is 46.0 Å². The maximum absolute atomic E-state index is 13.9. The van der Waals surface area contributed by atoms with Gasteiger partial charge < -0.3 is 15.3 Å². The Balaban J connectivity index is 1.71. The minimum absolute atomic E-state index is 0.0375. The van der Waals surface area contributed by atoms with Gasteiger partial charge in [-0.25, -0.2) is 18.6 Å². The number of pyridine rings is 2. The molecule has 0 spiro atoms. The number of amides is 1. The van der Waals surface area contributed by atoms with E-state index in [9.17, 15) is 18.4 Å². The molecule has 1 saturated heterocycles. The lowest BCUT2D eigenvalue weighted by Gasteiger charge is -2.24. The Labute approximate surface area is 176 Å². The van der Waals surface area contributed by atoms with Crippen LogP contribution in [0.4, 0.5) is 20.3 Å². The maximum atomic E-state index is 13.9. The second-order valence-electron chi connectivity index (χ2n) is 7.46. The number of aromatic carboxylic acids is 1. The number of hydrogen-bond donors (Lipinski definition) is 2. The zero-order chi connectivity index (χ0) is 22.0. The van der Waals surface area contributed by atoms with E-state index in [1.165, 1.54) is 18.2 Å². The lowest BCUT2D eigenvalue weighted by molar-refractivity contribution is -0.0102. The molecule has 1 amide bonds. The van der Waals surface area contributed by atoms with Crippen molar-refractivity contribution < 1.29 is 23.5 Å². The number of carboxylic acids is 1. The van der Waals surface area contributed by atoms with Crippen LogP contribution in [-0.2, 0) is 0 Å². The number of benzene rings is 1. The molecule has 0 aliphatic carbocycles. The van der Waals surface area contributed by atoms with Gasteiger partial charge in [-0.3, -0.25) is 9.78 Å². The van der Waals surface area contributed by atoms with Gasteiger partial charge in [0.05, 0.1) is 22.8 Å². The summed E-state index contributed by atoms with van der Waals surface area (Å²) in [5.41, 5.74) is 1.13. The molecule has 31 heavy (non-hydrogen) atoms.